The van der Waals surface area contributed by atoms with E-state index in [2.05, 4.69) is 15.6 Å². The number of nitrogens with one attached hydrogen (secondary N) is 2. The van der Waals surface area contributed by atoms with Gasteiger partial charge in [-0.25, -0.2) is 14.2 Å². The molecule has 5 nitrogen and oxygen atoms in total. The Morgan fingerprint density at radius 2 is 2.30 bits per heavy atom. The fraction of sp³-hybridized carbons (Fsp3) is 0.375. The molecule has 7 heteroatoms. The van der Waals surface area contributed by atoms with Crippen LogP contribution in [0.5, 0.6) is 0 Å². The summed E-state index contributed by atoms with van der Waals surface area (Å²) in [6.45, 7) is 2.56. The van der Waals surface area contributed by atoms with Crippen LogP contribution in [0.4, 0.5) is 14.3 Å². The molecule has 1 heterocycles. The van der Waals surface area contributed by atoms with Gasteiger partial charge < -0.3 is 10.4 Å². The number of rotatable bonds is 7. The monoisotopic (exact) mass is 337 g/mol. The molecule has 0 spiro atoms. The molecule has 0 aliphatic carbocycles. The van der Waals surface area contributed by atoms with E-state index in [9.17, 15) is 9.18 Å². The fourth-order valence-electron chi connectivity index (χ4n) is 2.03. The smallest absolute Gasteiger partial charge is 0.321 e. The third kappa shape index (κ3) is 5.96. The average molecular weight is 337 g/mol. The Morgan fingerprint density at radius 1 is 1.48 bits per heavy atom. The van der Waals surface area contributed by atoms with Crippen LogP contribution in [0, 0.1) is 11.7 Å². The summed E-state index contributed by atoms with van der Waals surface area (Å²) >= 11 is 1.36. The maximum Gasteiger partial charge on any atom is 0.321 e. The van der Waals surface area contributed by atoms with Crippen molar-refractivity contribution >= 4 is 22.5 Å². The van der Waals surface area contributed by atoms with E-state index in [1.807, 2.05) is 13.0 Å². The zero-order valence-electron chi connectivity index (χ0n) is 12.9. The van der Waals surface area contributed by atoms with Crippen LogP contribution in [0.3, 0.4) is 0 Å². The molecule has 23 heavy (non-hydrogen) atoms. The normalized spacial score (nSPS) is 12.0. The summed E-state index contributed by atoms with van der Waals surface area (Å²) in [6, 6.07) is 6.10. The highest BCUT2D eigenvalue weighted by atomic mass is 32.1. The van der Waals surface area contributed by atoms with Crippen molar-refractivity contribution in [3.8, 4) is 0 Å². The van der Waals surface area contributed by atoms with Crippen LogP contribution >= 0.6 is 11.3 Å². The van der Waals surface area contributed by atoms with E-state index in [-0.39, 0.29) is 24.4 Å². The zero-order valence-corrected chi connectivity index (χ0v) is 13.7. The summed E-state index contributed by atoms with van der Waals surface area (Å²) in [5, 5.41) is 14.7. The summed E-state index contributed by atoms with van der Waals surface area (Å²) in [4.78, 5) is 16.9. The van der Waals surface area contributed by atoms with Crippen LogP contribution in [0.15, 0.2) is 30.5 Å². The maximum atomic E-state index is 13.2. The molecular formula is C16H20FN3O2S. The first-order chi connectivity index (χ1) is 11.1. The molecule has 2 amide bonds. The standard InChI is InChI=1S/C16H20FN3O2S/c1-11(5-6-21)9-18-15(22)20-16-19-10-14(23-16)8-12-3-2-4-13(17)7-12/h2-4,7,10-11,21H,5-6,8-9H2,1H3,(H2,18,19,20,22). The number of halogens is 1. The first kappa shape index (κ1) is 17.4. The van der Waals surface area contributed by atoms with Gasteiger partial charge in [0.05, 0.1) is 0 Å². The number of aliphatic hydroxyl groups is 1. The van der Waals surface area contributed by atoms with Gasteiger partial charge >= 0.3 is 6.03 Å². The molecule has 2 rings (SSSR count). The van der Waals surface area contributed by atoms with E-state index in [0.29, 0.717) is 24.5 Å². The number of nitrogens with zero attached hydrogens (tertiary/aromatic N) is 1. The quantitative estimate of drug-likeness (QED) is 0.727. The first-order valence-electron chi connectivity index (χ1n) is 7.41. The minimum atomic E-state index is -0.318. The van der Waals surface area contributed by atoms with E-state index in [1.54, 1.807) is 12.3 Å². The molecule has 124 valence electrons. The third-order valence-electron chi connectivity index (χ3n) is 3.27. The van der Waals surface area contributed by atoms with Crippen molar-refractivity contribution in [3.05, 3.63) is 46.7 Å². The van der Waals surface area contributed by atoms with Gasteiger partial charge in [0.25, 0.3) is 0 Å². The number of amides is 2. The number of anilines is 1. The molecule has 1 aromatic carbocycles. The molecule has 1 unspecified atom stereocenters. The Hall–Kier alpha value is -1.99. The van der Waals surface area contributed by atoms with E-state index in [0.717, 1.165) is 10.4 Å². The predicted molar refractivity (Wildman–Crippen MR) is 89.2 cm³/mol. The molecule has 1 aromatic heterocycles. The van der Waals surface area contributed by atoms with Crippen molar-refractivity contribution in [3.63, 3.8) is 0 Å². The molecule has 3 N–H and O–H groups in total. The Labute approximate surface area is 138 Å². The van der Waals surface area contributed by atoms with Crippen molar-refractivity contribution in [2.75, 3.05) is 18.5 Å². The van der Waals surface area contributed by atoms with Crippen LogP contribution in [0.2, 0.25) is 0 Å². The first-order valence-corrected chi connectivity index (χ1v) is 8.23. The van der Waals surface area contributed by atoms with Gasteiger partial charge in [-0.3, -0.25) is 5.32 Å². The van der Waals surface area contributed by atoms with Gasteiger partial charge in [0.2, 0.25) is 0 Å². The topological polar surface area (TPSA) is 74.2 Å². The second-order valence-corrected chi connectivity index (χ2v) is 6.51. The Balaban J connectivity index is 1.83. The molecule has 0 radical (unpaired) electrons. The number of urea groups is 1. The fourth-order valence-corrected chi connectivity index (χ4v) is 2.87. The molecule has 0 aliphatic rings. The van der Waals surface area contributed by atoms with Gasteiger partial charge in [-0.1, -0.05) is 19.1 Å². The lowest BCUT2D eigenvalue weighted by Gasteiger charge is -2.10. The SMILES string of the molecule is CC(CCO)CNC(=O)Nc1ncc(Cc2cccc(F)c2)s1. The van der Waals surface area contributed by atoms with E-state index < -0.39 is 0 Å². The molecule has 0 saturated carbocycles. The number of hydrogen-bond donors (Lipinski definition) is 3. The number of thiazole rings is 1. The second-order valence-electron chi connectivity index (χ2n) is 5.39. The van der Waals surface area contributed by atoms with Crippen LogP contribution in [0.25, 0.3) is 0 Å². The molecule has 2 aromatic rings. The van der Waals surface area contributed by atoms with Crippen molar-refractivity contribution in [2.24, 2.45) is 5.92 Å². The molecule has 0 fully saturated rings. The number of benzene rings is 1. The third-order valence-corrected chi connectivity index (χ3v) is 4.19. The van der Waals surface area contributed by atoms with E-state index in [4.69, 9.17) is 5.11 Å². The average Bonchev–Trinajstić information content (AvgIpc) is 2.92. The Morgan fingerprint density at radius 3 is 3.04 bits per heavy atom. The molecule has 0 saturated heterocycles. The lowest BCUT2D eigenvalue weighted by molar-refractivity contribution is 0.243. The highest BCUT2D eigenvalue weighted by molar-refractivity contribution is 7.15. The Bertz CT molecular complexity index is 648. The van der Waals surface area contributed by atoms with Crippen LogP contribution < -0.4 is 10.6 Å². The number of hydrogen-bond acceptors (Lipinski definition) is 4. The molecular weight excluding hydrogens is 317 g/mol. The number of carbonyl (C=O) groups is 1. The highest BCUT2D eigenvalue weighted by Gasteiger charge is 2.09. The van der Waals surface area contributed by atoms with Crippen LogP contribution in [-0.2, 0) is 6.42 Å². The summed E-state index contributed by atoms with van der Waals surface area (Å²) in [5.74, 6) is -0.0488. The minimum Gasteiger partial charge on any atom is -0.396 e. The number of carbonyl (C=O) groups excluding carboxylic acids is 1. The zero-order chi connectivity index (χ0) is 16.7. The van der Waals surface area contributed by atoms with Gasteiger partial charge in [-0.05, 0) is 30.0 Å². The minimum absolute atomic E-state index is 0.111. The second kappa shape index (κ2) is 8.59. The summed E-state index contributed by atoms with van der Waals surface area (Å²) in [7, 11) is 0. The molecule has 1 atom stereocenters. The van der Waals surface area contributed by atoms with E-state index >= 15 is 0 Å². The van der Waals surface area contributed by atoms with Gasteiger partial charge in [-0.15, -0.1) is 11.3 Å². The molecule has 0 bridgehead atoms. The van der Waals surface area contributed by atoms with Crippen LogP contribution in [0.1, 0.15) is 23.8 Å². The van der Waals surface area contributed by atoms with Gasteiger partial charge in [-0.2, -0.15) is 0 Å². The van der Waals surface area contributed by atoms with Crippen LogP contribution in [-0.4, -0.2) is 29.3 Å². The lowest BCUT2D eigenvalue weighted by atomic mass is 10.1. The lowest BCUT2D eigenvalue weighted by Crippen LogP contribution is -2.32. The Kier molecular flexibility index (Phi) is 6.49. The van der Waals surface area contributed by atoms with E-state index in [1.165, 1.54) is 23.5 Å². The number of aliphatic hydroxyl groups excluding tert-OH is 1. The van der Waals surface area contributed by atoms with Gasteiger partial charge in [0.1, 0.15) is 5.82 Å². The predicted octanol–water partition coefficient (Wildman–Crippen LogP) is 3.01. The van der Waals surface area contributed by atoms with Crippen molar-refractivity contribution in [1.29, 1.82) is 0 Å². The van der Waals surface area contributed by atoms with Gasteiger partial charge in [0, 0.05) is 30.6 Å². The largest absolute Gasteiger partial charge is 0.396 e. The van der Waals surface area contributed by atoms with Crippen molar-refractivity contribution in [2.45, 2.75) is 19.8 Å². The maximum absolute atomic E-state index is 13.2. The summed E-state index contributed by atoms with van der Waals surface area (Å²) < 4.78 is 13.2. The highest BCUT2D eigenvalue weighted by Crippen LogP contribution is 2.21. The molecule has 0 aliphatic heterocycles. The number of aromatic nitrogens is 1. The van der Waals surface area contributed by atoms with Crippen molar-refractivity contribution < 1.29 is 14.3 Å². The van der Waals surface area contributed by atoms with Gasteiger partial charge in [0.15, 0.2) is 5.13 Å². The summed E-state index contributed by atoms with van der Waals surface area (Å²) in [5.41, 5.74) is 0.863. The van der Waals surface area contributed by atoms with Crippen molar-refractivity contribution in [1.82, 2.24) is 10.3 Å². The summed E-state index contributed by atoms with van der Waals surface area (Å²) in [6.07, 6.45) is 2.90.